The van der Waals surface area contributed by atoms with Gasteiger partial charge in [0, 0.05) is 19.9 Å². The molecule has 14 heavy (non-hydrogen) atoms. The van der Waals surface area contributed by atoms with E-state index >= 15 is 0 Å². The van der Waals surface area contributed by atoms with Gasteiger partial charge in [-0.15, -0.1) is 0 Å². The number of rotatable bonds is 6. The molecule has 0 amide bonds. The van der Waals surface area contributed by atoms with E-state index in [2.05, 4.69) is 23.9 Å². The number of hydrogen-bond acceptors (Lipinski definition) is 2. The first-order valence-corrected chi connectivity index (χ1v) is 5.66. The highest BCUT2D eigenvalue weighted by atomic mass is 15.3. The number of nitrogens with zero attached hydrogens (tertiary/aromatic N) is 3. The van der Waals surface area contributed by atoms with E-state index in [0.29, 0.717) is 0 Å². The minimum absolute atomic E-state index is 1.01. The Labute approximate surface area is 86.5 Å². The molecule has 0 radical (unpaired) electrons. The smallest absolute Gasteiger partial charge is 0.150 e. The van der Waals surface area contributed by atoms with Crippen LogP contribution in [0.15, 0.2) is 0 Å². The summed E-state index contributed by atoms with van der Waals surface area (Å²) in [5.41, 5.74) is 0. The first-order valence-electron chi connectivity index (χ1n) is 5.66. The second-order valence-electron chi connectivity index (χ2n) is 3.77. The van der Waals surface area contributed by atoms with Crippen molar-refractivity contribution in [2.75, 3.05) is 0 Å². The lowest BCUT2D eigenvalue weighted by atomic mass is 10.2. The summed E-state index contributed by atoms with van der Waals surface area (Å²) in [4.78, 5) is 4.54. The fourth-order valence-electron chi connectivity index (χ4n) is 1.47. The molecule has 0 aliphatic carbocycles. The van der Waals surface area contributed by atoms with Crippen LogP contribution in [0.5, 0.6) is 0 Å². The number of unbranched alkanes of at least 4 members (excludes halogenated alkanes) is 2. The van der Waals surface area contributed by atoms with Gasteiger partial charge in [-0.05, 0) is 12.8 Å². The van der Waals surface area contributed by atoms with Gasteiger partial charge in [0.1, 0.15) is 5.82 Å². The lowest BCUT2D eigenvalue weighted by molar-refractivity contribution is 0.658. The average molecular weight is 195 g/mol. The van der Waals surface area contributed by atoms with Crippen LogP contribution in [0, 0.1) is 0 Å². The first kappa shape index (κ1) is 11.2. The van der Waals surface area contributed by atoms with Gasteiger partial charge in [0.05, 0.1) is 0 Å². The molecule has 0 saturated heterocycles. The number of aryl methyl sites for hydroxylation is 3. The van der Waals surface area contributed by atoms with Gasteiger partial charge in [-0.3, -0.25) is 4.68 Å². The summed E-state index contributed by atoms with van der Waals surface area (Å²) in [5.74, 6) is 2.15. The van der Waals surface area contributed by atoms with Gasteiger partial charge in [-0.2, -0.15) is 5.10 Å². The van der Waals surface area contributed by atoms with Gasteiger partial charge in [0.2, 0.25) is 0 Å². The summed E-state index contributed by atoms with van der Waals surface area (Å²) in [7, 11) is 1.99. The van der Waals surface area contributed by atoms with E-state index in [1.165, 1.54) is 25.7 Å². The molecule has 0 fully saturated rings. The fourth-order valence-corrected chi connectivity index (χ4v) is 1.47. The summed E-state index contributed by atoms with van der Waals surface area (Å²) in [6.07, 6.45) is 6.92. The molecule has 0 bridgehead atoms. The molecule has 0 aliphatic heterocycles. The van der Waals surface area contributed by atoms with Crippen LogP contribution in [-0.4, -0.2) is 14.8 Å². The molecule has 0 saturated carbocycles. The largest absolute Gasteiger partial charge is 0.253 e. The molecule has 0 atom stereocenters. The second kappa shape index (κ2) is 5.78. The van der Waals surface area contributed by atoms with E-state index in [4.69, 9.17) is 0 Å². The maximum atomic E-state index is 4.54. The van der Waals surface area contributed by atoms with Gasteiger partial charge < -0.3 is 0 Å². The Hall–Kier alpha value is -0.860. The second-order valence-corrected chi connectivity index (χ2v) is 3.77. The number of hydrogen-bond donors (Lipinski definition) is 0. The first-order chi connectivity index (χ1) is 6.77. The Morgan fingerprint density at radius 2 is 1.71 bits per heavy atom. The third-order valence-electron chi connectivity index (χ3n) is 2.40. The zero-order valence-electron chi connectivity index (χ0n) is 9.58. The lowest BCUT2D eigenvalue weighted by Crippen LogP contribution is -1.98. The number of aromatic nitrogens is 3. The molecule has 1 rings (SSSR count). The Kier molecular flexibility index (Phi) is 4.63. The lowest BCUT2D eigenvalue weighted by Gasteiger charge is -1.96. The van der Waals surface area contributed by atoms with Gasteiger partial charge in [0.15, 0.2) is 5.82 Å². The summed E-state index contributed by atoms with van der Waals surface area (Å²) in [6.45, 7) is 4.40. The average Bonchev–Trinajstić information content (AvgIpc) is 2.53. The van der Waals surface area contributed by atoms with Gasteiger partial charge in [-0.1, -0.05) is 26.7 Å². The molecular weight excluding hydrogens is 174 g/mol. The van der Waals surface area contributed by atoms with Crippen LogP contribution in [0.4, 0.5) is 0 Å². The summed E-state index contributed by atoms with van der Waals surface area (Å²) in [6, 6.07) is 0. The molecule has 0 spiro atoms. The molecule has 0 unspecified atom stereocenters. The van der Waals surface area contributed by atoms with Gasteiger partial charge in [0.25, 0.3) is 0 Å². The van der Waals surface area contributed by atoms with E-state index in [-0.39, 0.29) is 0 Å². The third-order valence-corrected chi connectivity index (χ3v) is 2.40. The maximum absolute atomic E-state index is 4.54. The highest BCUT2D eigenvalue weighted by molar-refractivity contribution is 4.93. The fraction of sp³-hybridized carbons (Fsp3) is 0.818. The molecule has 3 nitrogen and oxygen atoms in total. The van der Waals surface area contributed by atoms with Crippen LogP contribution in [-0.2, 0) is 19.9 Å². The van der Waals surface area contributed by atoms with Crippen molar-refractivity contribution in [3.8, 4) is 0 Å². The van der Waals surface area contributed by atoms with Crippen molar-refractivity contribution in [1.82, 2.24) is 14.8 Å². The molecule has 3 heteroatoms. The van der Waals surface area contributed by atoms with Crippen molar-refractivity contribution in [3.63, 3.8) is 0 Å². The minimum Gasteiger partial charge on any atom is -0.253 e. The predicted octanol–water partition coefficient (Wildman–Crippen LogP) is 2.50. The molecule has 1 aromatic rings. The van der Waals surface area contributed by atoms with Crippen LogP contribution in [0.1, 0.15) is 51.2 Å². The van der Waals surface area contributed by atoms with Crippen molar-refractivity contribution in [2.45, 2.75) is 52.4 Å². The van der Waals surface area contributed by atoms with E-state index in [1.54, 1.807) is 0 Å². The van der Waals surface area contributed by atoms with Crippen LogP contribution in [0.3, 0.4) is 0 Å². The summed E-state index contributed by atoms with van der Waals surface area (Å²) < 4.78 is 1.93. The normalized spacial score (nSPS) is 10.8. The predicted molar refractivity (Wildman–Crippen MR) is 58.2 cm³/mol. The zero-order valence-corrected chi connectivity index (χ0v) is 9.58. The van der Waals surface area contributed by atoms with Crippen LogP contribution < -0.4 is 0 Å². The summed E-state index contributed by atoms with van der Waals surface area (Å²) >= 11 is 0. The molecule has 1 aromatic heterocycles. The Morgan fingerprint density at radius 3 is 2.36 bits per heavy atom. The quantitative estimate of drug-likeness (QED) is 0.698. The molecule has 1 heterocycles. The molecule has 0 aliphatic rings. The van der Waals surface area contributed by atoms with E-state index < -0.39 is 0 Å². The molecule has 0 N–H and O–H groups in total. The van der Waals surface area contributed by atoms with Crippen molar-refractivity contribution >= 4 is 0 Å². The monoisotopic (exact) mass is 195 g/mol. The third kappa shape index (κ3) is 3.13. The van der Waals surface area contributed by atoms with Crippen molar-refractivity contribution in [2.24, 2.45) is 7.05 Å². The van der Waals surface area contributed by atoms with Crippen LogP contribution >= 0.6 is 0 Å². The molecular formula is C11H21N3. The Bertz CT molecular complexity index is 265. The Morgan fingerprint density at radius 1 is 1.07 bits per heavy atom. The highest BCUT2D eigenvalue weighted by Gasteiger charge is 2.05. The zero-order chi connectivity index (χ0) is 10.4. The summed E-state index contributed by atoms with van der Waals surface area (Å²) in [5, 5.41) is 4.41. The van der Waals surface area contributed by atoms with Crippen molar-refractivity contribution < 1.29 is 0 Å². The highest BCUT2D eigenvalue weighted by Crippen LogP contribution is 2.04. The topological polar surface area (TPSA) is 30.7 Å². The van der Waals surface area contributed by atoms with Gasteiger partial charge in [-0.25, -0.2) is 4.98 Å². The minimum atomic E-state index is 1.01. The van der Waals surface area contributed by atoms with E-state index in [1.807, 2.05) is 11.7 Å². The van der Waals surface area contributed by atoms with Crippen LogP contribution in [0.2, 0.25) is 0 Å². The van der Waals surface area contributed by atoms with E-state index in [9.17, 15) is 0 Å². The Balaban J connectivity index is 2.53. The SMILES string of the molecule is CCCCc1nc(CCCC)n(C)n1. The van der Waals surface area contributed by atoms with Crippen molar-refractivity contribution in [1.29, 1.82) is 0 Å². The standard InChI is InChI=1S/C11H21N3/c1-4-6-8-10-12-11(9-7-5-2)14(3)13-10/h4-9H2,1-3H3. The van der Waals surface area contributed by atoms with Gasteiger partial charge >= 0.3 is 0 Å². The van der Waals surface area contributed by atoms with E-state index in [0.717, 1.165) is 24.5 Å². The molecule has 80 valence electrons. The van der Waals surface area contributed by atoms with Crippen LogP contribution in [0.25, 0.3) is 0 Å². The molecule has 0 aromatic carbocycles. The van der Waals surface area contributed by atoms with Crippen molar-refractivity contribution in [3.05, 3.63) is 11.6 Å². The maximum Gasteiger partial charge on any atom is 0.150 e.